The van der Waals surface area contributed by atoms with Gasteiger partial charge in [-0.25, -0.2) is 4.68 Å². The van der Waals surface area contributed by atoms with Gasteiger partial charge in [0.1, 0.15) is 0 Å². The summed E-state index contributed by atoms with van der Waals surface area (Å²) in [7, 11) is 0. The SMILES string of the molecule is CCCCCC(=O)N1C[C@H](n2cc(C3CC3)nn2)[C@@H](O)C[C@@H]1c1ccc(Cl)cc1. The van der Waals surface area contributed by atoms with Gasteiger partial charge in [0.2, 0.25) is 5.91 Å². The molecule has 156 valence electrons. The molecule has 1 saturated carbocycles. The zero-order valence-corrected chi connectivity index (χ0v) is 17.6. The second-order valence-corrected chi connectivity index (χ2v) is 8.78. The van der Waals surface area contributed by atoms with Crippen LogP contribution in [-0.2, 0) is 4.79 Å². The summed E-state index contributed by atoms with van der Waals surface area (Å²) in [5.41, 5.74) is 2.01. The van der Waals surface area contributed by atoms with Crippen LogP contribution >= 0.6 is 11.6 Å². The van der Waals surface area contributed by atoms with E-state index in [9.17, 15) is 9.90 Å². The highest BCUT2D eigenvalue weighted by atomic mass is 35.5. The molecule has 3 atom stereocenters. The quantitative estimate of drug-likeness (QED) is 0.684. The molecule has 0 radical (unpaired) electrons. The molecule has 1 amide bonds. The smallest absolute Gasteiger partial charge is 0.223 e. The Balaban J connectivity index is 1.56. The van der Waals surface area contributed by atoms with Crippen LogP contribution in [0.4, 0.5) is 0 Å². The summed E-state index contributed by atoms with van der Waals surface area (Å²) in [4.78, 5) is 15.0. The van der Waals surface area contributed by atoms with E-state index in [1.165, 1.54) is 0 Å². The van der Waals surface area contributed by atoms with Crippen LogP contribution < -0.4 is 0 Å². The summed E-state index contributed by atoms with van der Waals surface area (Å²) in [5, 5.41) is 20.2. The van der Waals surface area contributed by atoms with Crippen LogP contribution in [0.25, 0.3) is 0 Å². The van der Waals surface area contributed by atoms with Crippen molar-refractivity contribution >= 4 is 17.5 Å². The Hall–Kier alpha value is -1.92. The molecule has 29 heavy (non-hydrogen) atoms. The van der Waals surface area contributed by atoms with Crippen LogP contribution in [0, 0.1) is 0 Å². The Kier molecular flexibility index (Phi) is 6.20. The van der Waals surface area contributed by atoms with E-state index in [1.807, 2.05) is 35.4 Å². The van der Waals surface area contributed by atoms with Crippen molar-refractivity contribution in [1.82, 2.24) is 19.9 Å². The summed E-state index contributed by atoms with van der Waals surface area (Å²) in [6.07, 6.45) is 7.71. The normalized spacial score (nSPS) is 24.7. The third-order valence-corrected chi connectivity index (χ3v) is 6.35. The Morgan fingerprint density at radius 1 is 1.24 bits per heavy atom. The number of amides is 1. The van der Waals surface area contributed by atoms with E-state index in [0.717, 1.165) is 43.4 Å². The molecule has 1 saturated heterocycles. The topological polar surface area (TPSA) is 71.2 Å². The lowest BCUT2D eigenvalue weighted by Gasteiger charge is -2.42. The number of carbonyl (C=O) groups is 1. The van der Waals surface area contributed by atoms with Crippen molar-refractivity contribution in [3.8, 4) is 0 Å². The number of carbonyl (C=O) groups excluding carboxylic acids is 1. The van der Waals surface area contributed by atoms with Crippen LogP contribution in [0.3, 0.4) is 0 Å². The Morgan fingerprint density at radius 3 is 2.69 bits per heavy atom. The van der Waals surface area contributed by atoms with E-state index in [-0.39, 0.29) is 18.0 Å². The lowest BCUT2D eigenvalue weighted by molar-refractivity contribution is -0.139. The minimum Gasteiger partial charge on any atom is -0.391 e. The molecular formula is C22H29ClN4O2. The van der Waals surface area contributed by atoms with E-state index in [1.54, 1.807) is 4.68 Å². The second-order valence-electron chi connectivity index (χ2n) is 8.34. The number of aromatic nitrogens is 3. The van der Waals surface area contributed by atoms with E-state index in [2.05, 4.69) is 17.2 Å². The highest BCUT2D eigenvalue weighted by Crippen LogP contribution is 2.40. The van der Waals surface area contributed by atoms with Gasteiger partial charge in [0, 0.05) is 36.5 Å². The largest absolute Gasteiger partial charge is 0.391 e. The van der Waals surface area contributed by atoms with Crippen LogP contribution in [0.5, 0.6) is 0 Å². The van der Waals surface area contributed by atoms with Crippen molar-refractivity contribution in [2.24, 2.45) is 0 Å². The third-order valence-electron chi connectivity index (χ3n) is 6.10. The first-order chi connectivity index (χ1) is 14.1. The standard InChI is InChI=1S/C22H29ClN4O2/c1-2-3-4-5-22(29)26-14-20(27-13-18(24-25-27)15-6-7-15)21(28)12-19(26)16-8-10-17(23)11-9-16/h8-11,13,15,19-21,28H,2-7,12,14H2,1H3/t19-,20+,21+/m1/s1. The number of hydrogen-bond donors (Lipinski definition) is 1. The number of hydrogen-bond acceptors (Lipinski definition) is 4. The van der Waals surface area contributed by atoms with Gasteiger partial charge >= 0.3 is 0 Å². The van der Waals surface area contributed by atoms with Crippen LogP contribution in [0.1, 0.15) is 81.1 Å². The number of rotatable bonds is 7. The predicted molar refractivity (Wildman–Crippen MR) is 112 cm³/mol. The predicted octanol–water partition coefficient (Wildman–Crippen LogP) is 4.26. The van der Waals surface area contributed by atoms with Gasteiger partial charge in [-0.05, 0) is 37.0 Å². The second kappa shape index (κ2) is 8.84. The lowest BCUT2D eigenvalue weighted by Crippen LogP contribution is -2.48. The molecule has 4 rings (SSSR count). The average molecular weight is 417 g/mol. The van der Waals surface area contributed by atoms with Crippen LogP contribution in [0.15, 0.2) is 30.5 Å². The maximum absolute atomic E-state index is 13.1. The molecule has 2 aromatic rings. The fourth-order valence-corrected chi connectivity index (χ4v) is 4.31. The molecule has 1 aromatic heterocycles. The zero-order chi connectivity index (χ0) is 20.4. The van der Waals surface area contributed by atoms with E-state index >= 15 is 0 Å². The summed E-state index contributed by atoms with van der Waals surface area (Å²) in [6.45, 7) is 2.57. The van der Waals surface area contributed by atoms with Gasteiger partial charge in [0.05, 0.1) is 23.9 Å². The Labute approximate surface area is 176 Å². The monoisotopic (exact) mass is 416 g/mol. The number of likely N-dealkylation sites (tertiary alicyclic amines) is 1. The minimum atomic E-state index is -0.593. The molecule has 7 heteroatoms. The number of piperidine rings is 1. The number of aliphatic hydroxyl groups excluding tert-OH is 1. The van der Waals surface area contributed by atoms with Crippen molar-refractivity contribution in [3.63, 3.8) is 0 Å². The van der Waals surface area contributed by atoms with E-state index < -0.39 is 6.10 Å². The minimum absolute atomic E-state index is 0.137. The first kappa shape index (κ1) is 20.4. The number of aliphatic hydroxyl groups is 1. The van der Waals surface area contributed by atoms with Crippen molar-refractivity contribution in [3.05, 3.63) is 46.7 Å². The van der Waals surface area contributed by atoms with E-state index in [4.69, 9.17) is 11.6 Å². The molecule has 1 aliphatic heterocycles. The molecule has 2 aliphatic rings. The molecule has 1 N–H and O–H groups in total. The van der Waals surface area contributed by atoms with Gasteiger partial charge in [-0.15, -0.1) is 5.10 Å². The molecular weight excluding hydrogens is 388 g/mol. The van der Waals surface area contributed by atoms with Crippen molar-refractivity contribution < 1.29 is 9.90 Å². The Morgan fingerprint density at radius 2 is 2.00 bits per heavy atom. The summed E-state index contributed by atoms with van der Waals surface area (Å²) in [5.74, 6) is 0.649. The molecule has 6 nitrogen and oxygen atoms in total. The molecule has 1 aliphatic carbocycles. The molecule has 2 fully saturated rings. The van der Waals surface area contributed by atoms with E-state index in [0.29, 0.717) is 30.3 Å². The van der Waals surface area contributed by atoms with Gasteiger partial charge in [0.25, 0.3) is 0 Å². The summed E-state index contributed by atoms with van der Waals surface area (Å²) < 4.78 is 1.77. The lowest BCUT2D eigenvalue weighted by atomic mass is 9.90. The van der Waals surface area contributed by atoms with Gasteiger partial charge in [-0.2, -0.15) is 0 Å². The zero-order valence-electron chi connectivity index (χ0n) is 16.9. The van der Waals surface area contributed by atoms with Gasteiger partial charge < -0.3 is 10.0 Å². The number of benzene rings is 1. The highest BCUT2D eigenvalue weighted by Gasteiger charge is 2.39. The fourth-order valence-electron chi connectivity index (χ4n) is 4.19. The van der Waals surface area contributed by atoms with Gasteiger partial charge in [0.15, 0.2) is 0 Å². The van der Waals surface area contributed by atoms with Crippen molar-refractivity contribution in [1.29, 1.82) is 0 Å². The maximum atomic E-state index is 13.1. The fraction of sp³-hybridized carbons (Fsp3) is 0.591. The Bertz CT molecular complexity index is 834. The number of halogens is 1. The molecule has 0 bridgehead atoms. The molecule has 0 spiro atoms. The van der Waals surface area contributed by atoms with Gasteiger partial charge in [-0.1, -0.05) is 48.7 Å². The van der Waals surface area contributed by atoms with Crippen LogP contribution in [0.2, 0.25) is 5.02 Å². The third kappa shape index (κ3) is 4.64. The van der Waals surface area contributed by atoms with Crippen LogP contribution in [-0.4, -0.2) is 43.6 Å². The first-order valence-electron chi connectivity index (χ1n) is 10.7. The van der Waals surface area contributed by atoms with Crippen molar-refractivity contribution in [2.75, 3.05) is 6.54 Å². The number of unbranched alkanes of at least 4 members (excludes halogenated alkanes) is 2. The molecule has 2 heterocycles. The average Bonchev–Trinajstić information content (AvgIpc) is 3.46. The highest BCUT2D eigenvalue weighted by molar-refractivity contribution is 6.30. The first-order valence-corrected chi connectivity index (χ1v) is 11.1. The number of nitrogens with zero attached hydrogens (tertiary/aromatic N) is 4. The maximum Gasteiger partial charge on any atom is 0.223 e. The summed E-state index contributed by atoms with van der Waals surface area (Å²) >= 11 is 6.05. The molecule has 1 aromatic carbocycles. The molecule has 0 unspecified atom stereocenters. The van der Waals surface area contributed by atoms with Gasteiger partial charge in [-0.3, -0.25) is 4.79 Å². The van der Waals surface area contributed by atoms with Crippen molar-refractivity contribution in [2.45, 2.75) is 76.0 Å². The summed E-state index contributed by atoms with van der Waals surface area (Å²) in [6, 6.07) is 7.16.